The van der Waals surface area contributed by atoms with Crippen LogP contribution in [-0.2, 0) is 4.74 Å². The van der Waals surface area contributed by atoms with Gasteiger partial charge in [0.05, 0.1) is 13.2 Å². The Morgan fingerprint density at radius 1 is 1.50 bits per heavy atom. The summed E-state index contributed by atoms with van der Waals surface area (Å²) in [6, 6.07) is 0.616. The molecule has 0 spiro atoms. The van der Waals surface area contributed by atoms with Crippen LogP contribution in [0.5, 0.6) is 0 Å². The number of aromatic nitrogens is 3. The first-order chi connectivity index (χ1) is 7.76. The summed E-state index contributed by atoms with van der Waals surface area (Å²) in [7, 11) is 1.34. The number of carbonyl (C=O) groups is 1. The third-order valence-corrected chi connectivity index (χ3v) is 3.02. The Hall–Kier alpha value is -1.43. The number of esters is 1. The summed E-state index contributed by atoms with van der Waals surface area (Å²) in [4.78, 5) is 11.4. The van der Waals surface area contributed by atoms with Gasteiger partial charge in [-0.05, 0) is 19.3 Å². The second kappa shape index (κ2) is 4.61. The molecule has 1 aromatic rings. The van der Waals surface area contributed by atoms with E-state index in [9.17, 15) is 4.79 Å². The summed E-state index contributed by atoms with van der Waals surface area (Å²) in [5, 5.41) is 13.8. The number of aromatic amines is 1. The van der Waals surface area contributed by atoms with Crippen molar-refractivity contribution in [2.24, 2.45) is 0 Å². The zero-order valence-corrected chi connectivity index (χ0v) is 9.49. The van der Waals surface area contributed by atoms with Gasteiger partial charge in [0.1, 0.15) is 5.69 Å². The van der Waals surface area contributed by atoms with Crippen LogP contribution in [0.1, 0.15) is 48.4 Å². The average molecular weight is 224 g/mol. The van der Waals surface area contributed by atoms with Crippen LogP contribution in [0.2, 0.25) is 0 Å². The van der Waals surface area contributed by atoms with Crippen LogP contribution < -0.4 is 5.32 Å². The molecule has 6 heteroatoms. The Balaban J connectivity index is 2.15. The van der Waals surface area contributed by atoms with E-state index in [4.69, 9.17) is 0 Å². The number of hydrogen-bond donors (Lipinski definition) is 2. The van der Waals surface area contributed by atoms with Gasteiger partial charge in [-0.25, -0.2) is 4.79 Å². The van der Waals surface area contributed by atoms with E-state index in [2.05, 4.69) is 32.4 Å². The minimum atomic E-state index is -0.439. The number of methoxy groups -OCH3 is 1. The summed E-state index contributed by atoms with van der Waals surface area (Å²) >= 11 is 0. The predicted molar refractivity (Wildman–Crippen MR) is 56.9 cm³/mol. The summed E-state index contributed by atoms with van der Waals surface area (Å²) in [5.41, 5.74) is 0.958. The van der Waals surface area contributed by atoms with Crippen molar-refractivity contribution in [1.82, 2.24) is 20.7 Å². The zero-order valence-electron chi connectivity index (χ0n) is 9.49. The van der Waals surface area contributed by atoms with Gasteiger partial charge in [0.2, 0.25) is 0 Å². The lowest BCUT2D eigenvalue weighted by molar-refractivity contribution is 0.0592. The van der Waals surface area contributed by atoms with Gasteiger partial charge in [0.25, 0.3) is 0 Å². The maximum atomic E-state index is 11.4. The van der Waals surface area contributed by atoms with Crippen LogP contribution in [0.3, 0.4) is 0 Å². The van der Waals surface area contributed by atoms with Gasteiger partial charge in [0, 0.05) is 6.04 Å². The number of rotatable bonds is 3. The number of nitrogens with zero attached hydrogens (tertiary/aromatic N) is 2. The lowest BCUT2D eigenvalue weighted by Gasteiger charge is -2.10. The fraction of sp³-hybridized carbons (Fsp3) is 0.700. The van der Waals surface area contributed by atoms with Crippen molar-refractivity contribution < 1.29 is 9.53 Å². The highest BCUT2D eigenvalue weighted by Crippen LogP contribution is 2.27. The molecule has 16 heavy (non-hydrogen) atoms. The predicted octanol–water partition coefficient (Wildman–Crippen LogP) is 0.794. The molecule has 1 aliphatic heterocycles. The molecule has 2 heterocycles. The van der Waals surface area contributed by atoms with Crippen molar-refractivity contribution >= 4 is 5.97 Å². The Kier molecular flexibility index (Phi) is 3.19. The molecule has 0 saturated carbocycles. The third-order valence-electron chi connectivity index (χ3n) is 3.02. The Bertz CT molecular complexity index is 377. The second-order valence-corrected chi connectivity index (χ2v) is 3.95. The van der Waals surface area contributed by atoms with Crippen LogP contribution >= 0.6 is 0 Å². The van der Waals surface area contributed by atoms with Crippen LogP contribution in [-0.4, -0.2) is 34.5 Å². The van der Waals surface area contributed by atoms with Crippen molar-refractivity contribution in [3.8, 4) is 0 Å². The molecule has 2 rings (SSSR count). The normalized spacial score (nSPS) is 24.6. The molecule has 2 unspecified atom stereocenters. The van der Waals surface area contributed by atoms with E-state index in [0.717, 1.165) is 19.3 Å². The summed E-state index contributed by atoms with van der Waals surface area (Å²) in [6.07, 6.45) is 3.17. The lowest BCUT2D eigenvalue weighted by Crippen LogP contribution is -2.24. The van der Waals surface area contributed by atoms with E-state index in [1.165, 1.54) is 7.11 Å². The quantitative estimate of drug-likeness (QED) is 0.742. The molecule has 0 aliphatic carbocycles. The fourth-order valence-electron chi connectivity index (χ4n) is 2.09. The number of carbonyl (C=O) groups excluding carboxylic acids is 1. The molecule has 0 radical (unpaired) electrons. The van der Waals surface area contributed by atoms with Gasteiger partial charge in [-0.1, -0.05) is 6.92 Å². The van der Waals surface area contributed by atoms with E-state index in [0.29, 0.717) is 11.7 Å². The number of H-pyrrole nitrogens is 1. The summed E-state index contributed by atoms with van der Waals surface area (Å²) in [5.74, 6) is -0.439. The fourth-order valence-corrected chi connectivity index (χ4v) is 2.09. The minimum Gasteiger partial charge on any atom is -0.464 e. The van der Waals surface area contributed by atoms with Crippen molar-refractivity contribution in [2.45, 2.75) is 38.3 Å². The van der Waals surface area contributed by atoms with E-state index in [-0.39, 0.29) is 11.7 Å². The Morgan fingerprint density at radius 2 is 2.31 bits per heavy atom. The first-order valence-corrected chi connectivity index (χ1v) is 5.51. The molecule has 0 bridgehead atoms. The summed E-state index contributed by atoms with van der Waals surface area (Å²) in [6.45, 7) is 2.14. The number of ether oxygens (including phenoxy) is 1. The molecule has 0 aromatic carbocycles. The van der Waals surface area contributed by atoms with Crippen LogP contribution in [0.25, 0.3) is 0 Å². The highest BCUT2D eigenvalue weighted by atomic mass is 16.5. The third kappa shape index (κ3) is 1.92. The molecular formula is C10H16N4O2. The monoisotopic (exact) mass is 224 g/mol. The van der Waals surface area contributed by atoms with E-state index < -0.39 is 5.97 Å². The topological polar surface area (TPSA) is 79.9 Å². The van der Waals surface area contributed by atoms with Gasteiger partial charge in [-0.3, -0.25) is 0 Å². The minimum absolute atomic E-state index is 0.109. The highest BCUT2D eigenvalue weighted by molar-refractivity contribution is 5.88. The van der Waals surface area contributed by atoms with Crippen molar-refractivity contribution in [1.29, 1.82) is 0 Å². The lowest BCUT2D eigenvalue weighted by atomic mass is 10.1. The summed E-state index contributed by atoms with van der Waals surface area (Å²) < 4.78 is 4.66. The highest BCUT2D eigenvalue weighted by Gasteiger charge is 2.30. The average Bonchev–Trinajstić information content (AvgIpc) is 2.95. The number of nitrogens with one attached hydrogen (secondary N) is 2. The van der Waals surface area contributed by atoms with E-state index in [1.807, 2.05) is 0 Å². The largest absolute Gasteiger partial charge is 0.464 e. The smallest absolute Gasteiger partial charge is 0.360 e. The molecule has 0 amide bonds. The molecule has 2 N–H and O–H groups in total. The molecule has 1 fully saturated rings. The van der Waals surface area contributed by atoms with Crippen molar-refractivity contribution in [3.05, 3.63) is 11.4 Å². The van der Waals surface area contributed by atoms with E-state index in [1.54, 1.807) is 0 Å². The first-order valence-electron chi connectivity index (χ1n) is 5.51. The van der Waals surface area contributed by atoms with Crippen LogP contribution in [0.4, 0.5) is 0 Å². The molecule has 2 atom stereocenters. The first kappa shape index (κ1) is 11.1. The van der Waals surface area contributed by atoms with Crippen LogP contribution in [0, 0.1) is 0 Å². The van der Waals surface area contributed by atoms with Gasteiger partial charge in [0.15, 0.2) is 5.69 Å². The van der Waals surface area contributed by atoms with Gasteiger partial charge < -0.3 is 10.1 Å². The van der Waals surface area contributed by atoms with Gasteiger partial charge in [-0.2, -0.15) is 10.3 Å². The Morgan fingerprint density at radius 3 is 2.94 bits per heavy atom. The maximum Gasteiger partial charge on any atom is 0.360 e. The molecule has 6 nitrogen and oxygen atoms in total. The Labute approximate surface area is 93.8 Å². The standard InChI is InChI=1S/C10H16N4O2/c1-3-6-4-5-7(11-6)8-9(10(15)16-2)13-14-12-8/h6-7,11H,3-5H2,1-2H3,(H,12,13,14). The number of hydrogen-bond acceptors (Lipinski definition) is 5. The van der Waals surface area contributed by atoms with Crippen molar-refractivity contribution in [3.63, 3.8) is 0 Å². The molecular weight excluding hydrogens is 208 g/mol. The van der Waals surface area contributed by atoms with Gasteiger partial charge in [-0.15, -0.1) is 5.10 Å². The zero-order chi connectivity index (χ0) is 11.5. The second-order valence-electron chi connectivity index (χ2n) is 3.95. The molecule has 1 aliphatic rings. The van der Waals surface area contributed by atoms with Crippen molar-refractivity contribution in [2.75, 3.05) is 7.11 Å². The molecule has 1 saturated heterocycles. The SMILES string of the molecule is CCC1CCC(c2n[nH]nc2C(=O)OC)N1. The maximum absolute atomic E-state index is 11.4. The van der Waals surface area contributed by atoms with Crippen LogP contribution in [0.15, 0.2) is 0 Å². The van der Waals surface area contributed by atoms with E-state index >= 15 is 0 Å². The van der Waals surface area contributed by atoms with Gasteiger partial charge >= 0.3 is 5.97 Å². The molecule has 1 aromatic heterocycles. The molecule has 88 valence electrons.